The Morgan fingerprint density at radius 1 is 1.28 bits per heavy atom. The second-order valence-electron chi connectivity index (χ2n) is 7.66. The molecule has 0 amide bonds. The summed E-state index contributed by atoms with van der Waals surface area (Å²) in [5, 5.41) is 0. The molecule has 1 fully saturated rings. The van der Waals surface area contributed by atoms with Crippen LogP contribution in [-0.4, -0.2) is 39.9 Å². The summed E-state index contributed by atoms with van der Waals surface area (Å²) in [6.07, 6.45) is 5.18. The zero-order chi connectivity index (χ0) is 20.4. The minimum Gasteiger partial charge on any atom is -0.320 e. The molecule has 1 aromatic heterocycles. The van der Waals surface area contributed by atoms with Crippen molar-refractivity contribution < 1.29 is 9.18 Å². The molecule has 29 heavy (non-hydrogen) atoms. The number of fused-ring (bicyclic) bond motifs is 1. The highest BCUT2D eigenvalue weighted by atomic mass is 19.1. The maximum Gasteiger partial charge on any atom is 0.152 e. The minimum absolute atomic E-state index is 0.107. The number of piperidine rings is 1. The van der Waals surface area contributed by atoms with Crippen LogP contribution in [0, 0.1) is 5.82 Å². The first kappa shape index (κ1) is 19.5. The molecule has 0 N–H and O–H groups in total. The standard InChI is InChI=1S/C24H26FN3O/c1-3-27-14-6-7-20(16-27)28-23-9-5-4-8-22(23)26-24(28)19-12-13-21(25)18(15-19)11-10-17(2)29/h4-5,8-13,15,20H,3,6-7,14,16H2,1-2H3/b11-10+. The first-order chi connectivity index (χ1) is 14.1. The van der Waals surface area contributed by atoms with Crippen LogP contribution in [0.3, 0.4) is 0 Å². The van der Waals surface area contributed by atoms with E-state index in [4.69, 9.17) is 4.98 Å². The van der Waals surface area contributed by atoms with E-state index < -0.39 is 0 Å². The van der Waals surface area contributed by atoms with Crippen LogP contribution < -0.4 is 0 Å². The van der Waals surface area contributed by atoms with E-state index in [1.807, 2.05) is 18.2 Å². The number of rotatable bonds is 5. The number of benzene rings is 2. The average molecular weight is 391 g/mol. The molecule has 1 aliphatic rings. The molecule has 0 bridgehead atoms. The van der Waals surface area contributed by atoms with Gasteiger partial charge in [-0.3, -0.25) is 4.79 Å². The van der Waals surface area contributed by atoms with E-state index in [2.05, 4.69) is 22.5 Å². The number of nitrogens with zero attached hydrogens (tertiary/aromatic N) is 3. The zero-order valence-electron chi connectivity index (χ0n) is 16.9. The summed E-state index contributed by atoms with van der Waals surface area (Å²) < 4.78 is 16.6. The van der Waals surface area contributed by atoms with Crippen molar-refractivity contribution in [2.75, 3.05) is 19.6 Å². The second-order valence-corrected chi connectivity index (χ2v) is 7.66. The van der Waals surface area contributed by atoms with Gasteiger partial charge in [0.05, 0.1) is 11.0 Å². The fourth-order valence-corrected chi connectivity index (χ4v) is 4.16. The SMILES string of the molecule is CCN1CCCC(n2c(-c3ccc(F)c(/C=C/C(C)=O)c3)nc3ccccc32)C1. The molecular weight excluding hydrogens is 365 g/mol. The van der Waals surface area contributed by atoms with Crippen LogP contribution >= 0.6 is 0 Å². The van der Waals surface area contributed by atoms with Crippen molar-refractivity contribution in [3.8, 4) is 11.4 Å². The predicted molar refractivity (Wildman–Crippen MR) is 115 cm³/mol. The summed E-state index contributed by atoms with van der Waals surface area (Å²) in [7, 11) is 0. The van der Waals surface area contributed by atoms with Gasteiger partial charge in [0, 0.05) is 23.7 Å². The van der Waals surface area contributed by atoms with Crippen LogP contribution in [0.15, 0.2) is 48.5 Å². The van der Waals surface area contributed by atoms with Crippen LogP contribution in [0.5, 0.6) is 0 Å². The molecule has 1 aliphatic heterocycles. The third-order valence-electron chi connectivity index (χ3n) is 5.64. The summed E-state index contributed by atoms with van der Waals surface area (Å²) in [5.41, 5.74) is 3.31. The first-order valence-electron chi connectivity index (χ1n) is 10.2. The van der Waals surface area contributed by atoms with Gasteiger partial charge >= 0.3 is 0 Å². The van der Waals surface area contributed by atoms with Gasteiger partial charge in [-0.05, 0) is 75.3 Å². The Kier molecular flexibility index (Phi) is 5.58. The number of halogens is 1. The lowest BCUT2D eigenvalue weighted by molar-refractivity contribution is -0.112. The van der Waals surface area contributed by atoms with Crippen molar-refractivity contribution in [1.29, 1.82) is 0 Å². The lowest BCUT2D eigenvalue weighted by atomic mass is 10.0. The number of aromatic nitrogens is 2. The lowest BCUT2D eigenvalue weighted by Gasteiger charge is -2.33. The summed E-state index contributed by atoms with van der Waals surface area (Å²) in [6.45, 7) is 6.81. The number of likely N-dealkylation sites (tertiary alicyclic amines) is 1. The monoisotopic (exact) mass is 391 g/mol. The van der Waals surface area contributed by atoms with Gasteiger partial charge in [-0.2, -0.15) is 0 Å². The number of carbonyl (C=O) groups excluding carboxylic acids is 1. The molecule has 150 valence electrons. The number of para-hydroxylation sites is 2. The quantitative estimate of drug-likeness (QED) is 0.568. The lowest BCUT2D eigenvalue weighted by Crippen LogP contribution is -2.36. The van der Waals surface area contributed by atoms with Crippen molar-refractivity contribution in [2.45, 2.75) is 32.7 Å². The molecule has 5 heteroatoms. The van der Waals surface area contributed by atoms with Gasteiger partial charge < -0.3 is 9.47 Å². The van der Waals surface area contributed by atoms with Gasteiger partial charge in [-0.25, -0.2) is 9.37 Å². The summed E-state index contributed by atoms with van der Waals surface area (Å²) in [6, 6.07) is 13.5. The molecule has 0 aliphatic carbocycles. The molecule has 2 heterocycles. The molecular formula is C24H26FN3O. The second kappa shape index (κ2) is 8.29. The van der Waals surface area contributed by atoms with Crippen LogP contribution in [-0.2, 0) is 4.79 Å². The molecule has 4 rings (SSSR count). The molecule has 0 radical (unpaired) electrons. The number of imidazole rings is 1. The third kappa shape index (κ3) is 4.01. The fourth-order valence-electron chi connectivity index (χ4n) is 4.16. The molecule has 0 saturated carbocycles. The molecule has 4 nitrogen and oxygen atoms in total. The van der Waals surface area contributed by atoms with Crippen molar-refractivity contribution in [2.24, 2.45) is 0 Å². The highest BCUT2D eigenvalue weighted by Crippen LogP contribution is 2.33. The van der Waals surface area contributed by atoms with Crippen molar-refractivity contribution in [3.63, 3.8) is 0 Å². The Labute approximate surface area is 170 Å². The van der Waals surface area contributed by atoms with Gasteiger partial charge in [0.1, 0.15) is 11.6 Å². The van der Waals surface area contributed by atoms with Crippen molar-refractivity contribution >= 4 is 22.9 Å². The molecule has 1 saturated heterocycles. The van der Waals surface area contributed by atoms with Crippen LogP contribution in [0.2, 0.25) is 0 Å². The van der Waals surface area contributed by atoms with E-state index in [0.717, 1.165) is 54.9 Å². The molecule has 0 spiro atoms. The normalized spacial score (nSPS) is 18.0. The van der Waals surface area contributed by atoms with E-state index in [9.17, 15) is 9.18 Å². The summed E-state index contributed by atoms with van der Waals surface area (Å²) in [5.74, 6) is 0.402. The topological polar surface area (TPSA) is 38.1 Å². The average Bonchev–Trinajstić information content (AvgIpc) is 3.12. The Hall–Kier alpha value is -2.79. The van der Waals surface area contributed by atoms with Crippen molar-refractivity contribution in [1.82, 2.24) is 14.5 Å². The van der Waals surface area contributed by atoms with Gasteiger partial charge in [0.25, 0.3) is 0 Å². The Morgan fingerprint density at radius 2 is 2.10 bits per heavy atom. The van der Waals surface area contributed by atoms with E-state index in [1.54, 1.807) is 12.1 Å². The van der Waals surface area contributed by atoms with Gasteiger partial charge in [0.15, 0.2) is 5.78 Å². The Balaban J connectivity index is 1.84. The van der Waals surface area contributed by atoms with E-state index in [0.29, 0.717) is 11.6 Å². The van der Waals surface area contributed by atoms with E-state index in [-0.39, 0.29) is 11.6 Å². The maximum atomic E-state index is 14.3. The third-order valence-corrected chi connectivity index (χ3v) is 5.64. The van der Waals surface area contributed by atoms with E-state index >= 15 is 0 Å². The van der Waals surface area contributed by atoms with Crippen molar-refractivity contribution in [3.05, 3.63) is 59.9 Å². The Morgan fingerprint density at radius 3 is 2.90 bits per heavy atom. The number of likely N-dealkylation sites (N-methyl/N-ethyl adjacent to an activating group) is 1. The molecule has 1 atom stereocenters. The number of ketones is 1. The molecule has 1 unspecified atom stereocenters. The summed E-state index contributed by atoms with van der Waals surface area (Å²) >= 11 is 0. The predicted octanol–water partition coefficient (Wildman–Crippen LogP) is 5.10. The van der Waals surface area contributed by atoms with Crippen LogP contribution in [0.25, 0.3) is 28.5 Å². The number of hydrogen-bond acceptors (Lipinski definition) is 3. The van der Waals surface area contributed by atoms with E-state index in [1.165, 1.54) is 25.1 Å². The highest BCUT2D eigenvalue weighted by molar-refractivity contribution is 5.91. The fraction of sp³-hybridized carbons (Fsp3) is 0.333. The summed E-state index contributed by atoms with van der Waals surface area (Å²) in [4.78, 5) is 18.7. The largest absolute Gasteiger partial charge is 0.320 e. The number of carbonyl (C=O) groups is 1. The van der Waals surface area contributed by atoms with Crippen LogP contribution in [0.1, 0.15) is 38.3 Å². The van der Waals surface area contributed by atoms with Gasteiger partial charge in [0.2, 0.25) is 0 Å². The van der Waals surface area contributed by atoms with Gasteiger partial charge in [-0.15, -0.1) is 0 Å². The number of hydrogen-bond donors (Lipinski definition) is 0. The van der Waals surface area contributed by atoms with Gasteiger partial charge in [-0.1, -0.05) is 19.1 Å². The smallest absolute Gasteiger partial charge is 0.152 e. The molecule has 2 aromatic carbocycles. The maximum absolute atomic E-state index is 14.3. The Bertz CT molecular complexity index is 1070. The molecule has 3 aromatic rings. The number of allylic oxidation sites excluding steroid dienone is 1. The minimum atomic E-state index is -0.344. The van der Waals surface area contributed by atoms with Crippen LogP contribution in [0.4, 0.5) is 4.39 Å². The highest BCUT2D eigenvalue weighted by Gasteiger charge is 2.25. The first-order valence-corrected chi connectivity index (χ1v) is 10.2. The zero-order valence-corrected chi connectivity index (χ0v) is 16.9.